The van der Waals surface area contributed by atoms with E-state index in [2.05, 4.69) is 28.4 Å². The molecule has 0 spiro atoms. The molecule has 0 amide bonds. The molecule has 1 aliphatic heterocycles. The fourth-order valence-corrected chi connectivity index (χ4v) is 4.94. The van der Waals surface area contributed by atoms with E-state index in [1.165, 1.54) is 4.70 Å². The number of halogens is 1. The zero-order valence-electron chi connectivity index (χ0n) is 15.5. The van der Waals surface area contributed by atoms with E-state index >= 15 is 0 Å². The summed E-state index contributed by atoms with van der Waals surface area (Å²) in [6.45, 7) is 6.66. The number of benzene rings is 2. The lowest BCUT2D eigenvalue weighted by atomic mass is 10.0. The summed E-state index contributed by atoms with van der Waals surface area (Å²) in [6, 6.07) is 14.3. The van der Waals surface area contributed by atoms with Crippen LogP contribution >= 0.6 is 22.9 Å². The molecule has 27 heavy (non-hydrogen) atoms. The zero-order valence-corrected chi connectivity index (χ0v) is 17.0. The highest BCUT2D eigenvalue weighted by Gasteiger charge is 2.29. The summed E-state index contributed by atoms with van der Waals surface area (Å²) in [5.74, 6) is 0.892. The Labute approximate surface area is 169 Å². The van der Waals surface area contributed by atoms with E-state index in [0.29, 0.717) is 6.61 Å². The number of aromatic nitrogens is 1. The molecule has 6 heteroatoms. The van der Waals surface area contributed by atoms with Gasteiger partial charge in [0.25, 0.3) is 0 Å². The first-order valence-electron chi connectivity index (χ1n) is 9.48. The number of hydrogen-bond donors (Lipinski definition) is 1. The minimum absolute atomic E-state index is 0.0440. The van der Waals surface area contributed by atoms with Crippen molar-refractivity contribution < 1.29 is 4.74 Å². The minimum Gasteiger partial charge on any atom is -0.494 e. The maximum Gasteiger partial charge on any atom is 0.124 e. The Morgan fingerprint density at radius 1 is 1.22 bits per heavy atom. The van der Waals surface area contributed by atoms with Crippen LogP contribution in [0, 0.1) is 0 Å². The quantitative estimate of drug-likeness (QED) is 0.670. The molecule has 4 nitrogen and oxygen atoms in total. The first-order valence-corrected chi connectivity index (χ1v) is 10.7. The molecule has 1 N–H and O–H groups in total. The van der Waals surface area contributed by atoms with Gasteiger partial charge in [0.05, 0.1) is 22.9 Å². The van der Waals surface area contributed by atoms with E-state index in [-0.39, 0.29) is 6.04 Å². The fourth-order valence-electron chi connectivity index (χ4n) is 3.64. The maximum atomic E-state index is 6.39. The fraction of sp³-hybridized carbons (Fsp3) is 0.381. The first-order chi connectivity index (χ1) is 13.3. The smallest absolute Gasteiger partial charge is 0.124 e. The van der Waals surface area contributed by atoms with Crippen LogP contribution in [0.3, 0.4) is 0 Å². The number of thiazole rings is 1. The molecule has 0 radical (unpaired) electrons. The van der Waals surface area contributed by atoms with Crippen LogP contribution in [-0.2, 0) is 0 Å². The van der Waals surface area contributed by atoms with Gasteiger partial charge in [-0.2, -0.15) is 0 Å². The van der Waals surface area contributed by atoms with Crippen LogP contribution in [0.2, 0.25) is 5.02 Å². The van der Waals surface area contributed by atoms with Gasteiger partial charge in [0, 0.05) is 30.2 Å². The average molecular weight is 402 g/mol. The lowest BCUT2D eigenvalue weighted by Crippen LogP contribution is -2.33. The molecule has 0 saturated carbocycles. The summed E-state index contributed by atoms with van der Waals surface area (Å²) in [5.41, 5.74) is 2.15. The van der Waals surface area contributed by atoms with E-state index < -0.39 is 0 Å². The van der Waals surface area contributed by atoms with E-state index in [9.17, 15) is 0 Å². The highest BCUT2D eigenvalue weighted by Crippen LogP contribution is 2.39. The molecular weight excluding hydrogens is 378 g/mol. The number of nitrogens with one attached hydrogen (secondary N) is 1. The predicted molar refractivity (Wildman–Crippen MR) is 113 cm³/mol. The molecule has 3 aromatic rings. The molecule has 0 bridgehead atoms. The monoisotopic (exact) mass is 401 g/mol. The van der Waals surface area contributed by atoms with Crippen molar-refractivity contribution in [1.82, 2.24) is 15.2 Å². The molecule has 1 atom stereocenters. The highest BCUT2D eigenvalue weighted by atomic mass is 35.5. The second kappa shape index (κ2) is 8.57. The van der Waals surface area contributed by atoms with Crippen LogP contribution in [0.4, 0.5) is 0 Å². The average Bonchev–Trinajstić information content (AvgIpc) is 2.91. The normalized spacial score (nSPS) is 17.0. The first kappa shape index (κ1) is 18.7. The largest absolute Gasteiger partial charge is 0.494 e. The van der Waals surface area contributed by atoms with Gasteiger partial charge in [0.15, 0.2) is 0 Å². The summed E-state index contributed by atoms with van der Waals surface area (Å²) < 4.78 is 7.18. The Kier molecular flexibility index (Phi) is 5.93. The zero-order chi connectivity index (χ0) is 18.6. The van der Waals surface area contributed by atoms with E-state index in [1.807, 2.05) is 31.2 Å². The Balaban J connectivity index is 1.84. The van der Waals surface area contributed by atoms with Gasteiger partial charge in [-0.3, -0.25) is 4.90 Å². The highest BCUT2D eigenvalue weighted by molar-refractivity contribution is 7.18. The Bertz CT molecular complexity index is 872. The minimum atomic E-state index is 0.0440. The standard InChI is InChI=1S/C21H24ClN3OS/c1-2-26-18-9-8-15(22)14-16(18)20(25-12-5-10-23-11-13-25)21-24-17-6-3-4-7-19(17)27-21/h3-4,6-9,14,20,23H,2,5,10-13H2,1H3. The molecule has 0 aliphatic carbocycles. The van der Waals surface area contributed by atoms with E-state index in [4.69, 9.17) is 21.3 Å². The Hall–Kier alpha value is -1.66. The number of rotatable bonds is 5. The number of ether oxygens (including phenoxy) is 1. The number of nitrogens with zero attached hydrogens (tertiary/aromatic N) is 2. The summed E-state index contributed by atoms with van der Waals surface area (Å²) in [5, 5.41) is 5.32. The molecule has 2 aromatic carbocycles. The molecular formula is C21H24ClN3OS. The van der Waals surface area contributed by atoms with Crippen molar-refractivity contribution in [2.45, 2.75) is 19.4 Å². The van der Waals surface area contributed by atoms with Crippen molar-refractivity contribution in [3.8, 4) is 5.75 Å². The maximum absolute atomic E-state index is 6.39. The molecule has 1 aliphatic rings. The molecule has 1 aromatic heterocycles. The van der Waals surface area contributed by atoms with Crippen LogP contribution in [0.5, 0.6) is 5.75 Å². The third-order valence-electron chi connectivity index (χ3n) is 4.85. The van der Waals surface area contributed by atoms with Gasteiger partial charge < -0.3 is 10.1 Å². The Morgan fingerprint density at radius 2 is 2.11 bits per heavy atom. The summed E-state index contributed by atoms with van der Waals surface area (Å²) in [4.78, 5) is 7.49. The van der Waals surface area contributed by atoms with Crippen LogP contribution < -0.4 is 10.1 Å². The Morgan fingerprint density at radius 3 is 2.96 bits per heavy atom. The van der Waals surface area contributed by atoms with Crippen LogP contribution in [0.25, 0.3) is 10.2 Å². The number of hydrogen-bond acceptors (Lipinski definition) is 5. The van der Waals surface area contributed by atoms with Gasteiger partial charge in [-0.15, -0.1) is 11.3 Å². The molecule has 1 saturated heterocycles. The van der Waals surface area contributed by atoms with Gasteiger partial charge >= 0.3 is 0 Å². The van der Waals surface area contributed by atoms with Crippen molar-refractivity contribution in [2.24, 2.45) is 0 Å². The lowest BCUT2D eigenvalue weighted by Gasteiger charge is -2.30. The van der Waals surface area contributed by atoms with Gasteiger partial charge in [-0.25, -0.2) is 4.98 Å². The van der Waals surface area contributed by atoms with Crippen molar-refractivity contribution in [3.05, 3.63) is 58.1 Å². The molecule has 2 heterocycles. The van der Waals surface area contributed by atoms with Gasteiger partial charge in [-0.1, -0.05) is 23.7 Å². The van der Waals surface area contributed by atoms with Crippen molar-refractivity contribution in [3.63, 3.8) is 0 Å². The second-order valence-corrected chi connectivity index (χ2v) is 8.18. The number of fused-ring (bicyclic) bond motifs is 1. The molecule has 1 unspecified atom stereocenters. The third-order valence-corrected chi connectivity index (χ3v) is 6.17. The predicted octanol–water partition coefficient (Wildman–Crippen LogP) is 4.73. The number of para-hydroxylation sites is 1. The van der Waals surface area contributed by atoms with Crippen LogP contribution in [-0.4, -0.2) is 42.7 Å². The molecule has 142 valence electrons. The van der Waals surface area contributed by atoms with Crippen LogP contribution in [0.1, 0.15) is 30.0 Å². The van der Waals surface area contributed by atoms with Crippen molar-refractivity contribution >= 4 is 33.2 Å². The lowest BCUT2D eigenvalue weighted by molar-refractivity contribution is 0.233. The third kappa shape index (κ3) is 4.11. The summed E-state index contributed by atoms with van der Waals surface area (Å²) in [7, 11) is 0. The van der Waals surface area contributed by atoms with Crippen molar-refractivity contribution in [1.29, 1.82) is 0 Å². The van der Waals surface area contributed by atoms with E-state index in [0.717, 1.165) is 59.5 Å². The SMILES string of the molecule is CCOc1ccc(Cl)cc1C(c1nc2ccccc2s1)N1CCCNCC1. The van der Waals surface area contributed by atoms with Crippen LogP contribution in [0.15, 0.2) is 42.5 Å². The van der Waals surface area contributed by atoms with E-state index in [1.54, 1.807) is 11.3 Å². The summed E-state index contributed by atoms with van der Waals surface area (Å²) in [6.07, 6.45) is 1.12. The second-order valence-electron chi connectivity index (χ2n) is 6.68. The van der Waals surface area contributed by atoms with Gasteiger partial charge in [0.1, 0.15) is 10.8 Å². The molecule has 4 rings (SSSR count). The topological polar surface area (TPSA) is 37.4 Å². The van der Waals surface area contributed by atoms with Gasteiger partial charge in [0.2, 0.25) is 0 Å². The van der Waals surface area contributed by atoms with Crippen molar-refractivity contribution in [2.75, 3.05) is 32.8 Å². The summed E-state index contributed by atoms with van der Waals surface area (Å²) >= 11 is 8.16. The van der Waals surface area contributed by atoms with Gasteiger partial charge in [-0.05, 0) is 50.2 Å². The molecule has 1 fully saturated rings.